The molecule has 0 spiro atoms. The molecule has 0 aliphatic carbocycles. The van der Waals surface area contributed by atoms with Crippen molar-refractivity contribution in [2.45, 2.75) is 13.0 Å². The van der Waals surface area contributed by atoms with Crippen LogP contribution < -0.4 is 11.1 Å². The molecular formula is C21H17FN4OS. The number of aryl methyl sites for hydroxylation is 1. The maximum absolute atomic E-state index is 13.2. The van der Waals surface area contributed by atoms with Crippen molar-refractivity contribution >= 4 is 33.3 Å². The number of nitrogens with two attached hydrogens (primary N) is 1. The smallest absolute Gasteiger partial charge is 0.244 e. The Morgan fingerprint density at radius 1 is 1.11 bits per heavy atom. The Bertz CT molecular complexity index is 1140. The van der Waals surface area contributed by atoms with E-state index in [1.165, 1.54) is 24.3 Å². The van der Waals surface area contributed by atoms with Gasteiger partial charge < -0.3 is 11.1 Å². The van der Waals surface area contributed by atoms with Crippen LogP contribution in [0.25, 0.3) is 20.7 Å². The summed E-state index contributed by atoms with van der Waals surface area (Å²) in [6, 6.07) is 16.8. The van der Waals surface area contributed by atoms with Crippen molar-refractivity contribution in [2.75, 3.05) is 5.32 Å². The number of hydrogen-bond acceptors (Lipinski definition) is 5. The van der Waals surface area contributed by atoms with Gasteiger partial charge in [0.2, 0.25) is 5.91 Å². The van der Waals surface area contributed by atoms with E-state index in [0.29, 0.717) is 17.2 Å². The molecule has 2 heterocycles. The van der Waals surface area contributed by atoms with Crippen molar-refractivity contribution < 1.29 is 9.18 Å². The molecule has 0 aliphatic rings. The second-order valence-corrected chi connectivity index (χ2v) is 7.38. The number of primary amides is 1. The first-order chi connectivity index (χ1) is 13.5. The molecule has 140 valence electrons. The summed E-state index contributed by atoms with van der Waals surface area (Å²) >= 11 is 1.56. The SMILES string of the molecule is Cc1nc(NC(C(N)=O)c2ccc(F)cc2)c2cc(-c3ccccc3)sc2n1. The third-order valence-electron chi connectivity index (χ3n) is 4.33. The number of carbonyl (C=O) groups excluding carboxylic acids is 1. The van der Waals surface area contributed by atoms with Gasteiger partial charge in [0.05, 0.1) is 5.39 Å². The van der Waals surface area contributed by atoms with Crippen LogP contribution in [0.2, 0.25) is 0 Å². The van der Waals surface area contributed by atoms with Crippen molar-refractivity contribution in [1.82, 2.24) is 9.97 Å². The average Bonchev–Trinajstić information content (AvgIpc) is 3.11. The Balaban J connectivity index is 1.77. The van der Waals surface area contributed by atoms with Crippen molar-refractivity contribution in [3.63, 3.8) is 0 Å². The zero-order valence-electron chi connectivity index (χ0n) is 15.0. The minimum Gasteiger partial charge on any atom is -0.368 e. The summed E-state index contributed by atoms with van der Waals surface area (Å²) in [4.78, 5) is 22.9. The number of fused-ring (bicyclic) bond motifs is 1. The normalized spacial score (nSPS) is 12.1. The van der Waals surface area contributed by atoms with Crippen molar-refractivity contribution in [3.8, 4) is 10.4 Å². The molecule has 0 saturated heterocycles. The summed E-state index contributed by atoms with van der Waals surface area (Å²) in [7, 11) is 0. The molecule has 5 nitrogen and oxygen atoms in total. The summed E-state index contributed by atoms with van der Waals surface area (Å²) in [5.41, 5.74) is 7.25. The number of carbonyl (C=O) groups is 1. The van der Waals surface area contributed by atoms with E-state index in [0.717, 1.165) is 20.7 Å². The third-order valence-corrected chi connectivity index (χ3v) is 5.41. The number of aromatic nitrogens is 2. The molecule has 4 aromatic rings. The number of anilines is 1. The first-order valence-corrected chi connectivity index (χ1v) is 9.48. The maximum Gasteiger partial charge on any atom is 0.244 e. The van der Waals surface area contributed by atoms with E-state index < -0.39 is 11.9 Å². The molecule has 0 bridgehead atoms. The molecule has 7 heteroatoms. The molecule has 0 aliphatic heterocycles. The predicted molar refractivity (Wildman–Crippen MR) is 110 cm³/mol. The van der Waals surface area contributed by atoms with E-state index in [9.17, 15) is 9.18 Å². The summed E-state index contributed by atoms with van der Waals surface area (Å²) in [5, 5.41) is 3.93. The van der Waals surface area contributed by atoms with Crippen LogP contribution in [0.15, 0.2) is 60.7 Å². The first-order valence-electron chi connectivity index (χ1n) is 8.66. The Labute approximate surface area is 165 Å². The highest BCUT2D eigenvalue weighted by molar-refractivity contribution is 7.21. The number of nitrogens with one attached hydrogen (secondary N) is 1. The zero-order chi connectivity index (χ0) is 19.7. The van der Waals surface area contributed by atoms with E-state index in [4.69, 9.17) is 5.73 Å². The Kier molecular flexibility index (Phi) is 4.75. The number of nitrogens with zero attached hydrogens (tertiary/aromatic N) is 2. The maximum atomic E-state index is 13.2. The molecule has 2 aromatic carbocycles. The second-order valence-electron chi connectivity index (χ2n) is 6.35. The van der Waals surface area contributed by atoms with E-state index in [1.54, 1.807) is 18.3 Å². The lowest BCUT2D eigenvalue weighted by Crippen LogP contribution is -2.28. The van der Waals surface area contributed by atoms with Gasteiger partial charge in [-0.05, 0) is 36.2 Å². The third kappa shape index (κ3) is 3.57. The largest absolute Gasteiger partial charge is 0.368 e. The number of benzene rings is 2. The molecule has 4 rings (SSSR count). The van der Waals surface area contributed by atoms with Gasteiger partial charge in [0.15, 0.2) is 0 Å². The van der Waals surface area contributed by atoms with E-state index in [1.807, 2.05) is 36.4 Å². The fraction of sp³-hybridized carbons (Fsp3) is 0.0952. The van der Waals surface area contributed by atoms with Crippen LogP contribution in [-0.4, -0.2) is 15.9 Å². The monoisotopic (exact) mass is 392 g/mol. The standard InChI is InChI=1S/C21H17FN4OS/c1-12-24-20(26-18(19(23)27)14-7-9-15(22)10-8-14)16-11-17(28-21(16)25-12)13-5-3-2-4-6-13/h2-11,18H,1H3,(H2,23,27)(H,24,25,26). The highest BCUT2D eigenvalue weighted by atomic mass is 32.1. The second kappa shape index (κ2) is 7.36. The van der Waals surface area contributed by atoms with Crippen LogP contribution in [0.4, 0.5) is 10.2 Å². The molecule has 0 radical (unpaired) electrons. The summed E-state index contributed by atoms with van der Waals surface area (Å²) in [6.45, 7) is 1.80. The fourth-order valence-corrected chi connectivity index (χ4v) is 4.08. The van der Waals surface area contributed by atoms with Crippen molar-refractivity contribution in [3.05, 3.63) is 77.9 Å². The van der Waals surface area contributed by atoms with Gasteiger partial charge in [-0.15, -0.1) is 11.3 Å². The minimum atomic E-state index is -0.835. The Morgan fingerprint density at radius 2 is 1.82 bits per heavy atom. The van der Waals surface area contributed by atoms with Crippen LogP contribution in [-0.2, 0) is 4.79 Å². The molecule has 1 amide bonds. The van der Waals surface area contributed by atoms with Crippen LogP contribution >= 0.6 is 11.3 Å². The van der Waals surface area contributed by atoms with Gasteiger partial charge in [0.25, 0.3) is 0 Å². The quantitative estimate of drug-likeness (QED) is 0.526. The molecular weight excluding hydrogens is 375 g/mol. The summed E-state index contributed by atoms with van der Waals surface area (Å²) < 4.78 is 13.2. The molecule has 0 saturated carbocycles. The van der Waals surface area contributed by atoms with E-state index in [2.05, 4.69) is 15.3 Å². The van der Waals surface area contributed by atoms with E-state index in [-0.39, 0.29) is 5.82 Å². The van der Waals surface area contributed by atoms with Gasteiger partial charge in [0, 0.05) is 4.88 Å². The van der Waals surface area contributed by atoms with Gasteiger partial charge in [-0.1, -0.05) is 42.5 Å². The molecule has 1 atom stereocenters. The number of halogens is 1. The lowest BCUT2D eigenvalue weighted by Gasteiger charge is -2.17. The number of thiophene rings is 1. The molecule has 3 N–H and O–H groups in total. The van der Waals surface area contributed by atoms with Crippen molar-refractivity contribution in [2.24, 2.45) is 5.73 Å². The molecule has 0 fully saturated rings. The lowest BCUT2D eigenvalue weighted by atomic mass is 10.1. The fourth-order valence-electron chi connectivity index (χ4n) is 2.99. The highest BCUT2D eigenvalue weighted by Gasteiger charge is 2.21. The summed E-state index contributed by atoms with van der Waals surface area (Å²) in [5.74, 6) is 0.153. The van der Waals surface area contributed by atoms with Crippen LogP contribution in [0.1, 0.15) is 17.4 Å². The average molecular weight is 392 g/mol. The topological polar surface area (TPSA) is 80.9 Å². The molecule has 1 unspecified atom stereocenters. The Hall–Kier alpha value is -3.32. The van der Waals surface area contributed by atoms with Gasteiger partial charge in [-0.2, -0.15) is 0 Å². The lowest BCUT2D eigenvalue weighted by molar-refractivity contribution is -0.118. The number of hydrogen-bond donors (Lipinski definition) is 2. The van der Waals surface area contributed by atoms with Gasteiger partial charge in [-0.3, -0.25) is 4.79 Å². The highest BCUT2D eigenvalue weighted by Crippen LogP contribution is 2.36. The Morgan fingerprint density at radius 3 is 2.50 bits per heavy atom. The van der Waals surface area contributed by atoms with Gasteiger partial charge >= 0.3 is 0 Å². The molecule has 2 aromatic heterocycles. The first kappa shape index (κ1) is 18.1. The molecule has 28 heavy (non-hydrogen) atoms. The van der Waals surface area contributed by atoms with Crippen LogP contribution in [0.3, 0.4) is 0 Å². The van der Waals surface area contributed by atoms with Crippen LogP contribution in [0.5, 0.6) is 0 Å². The summed E-state index contributed by atoms with van der Waals surface area (Å²) in [6.07, 6.45) is 0. The van der Waals surface area contributed by atoms with Gasteiger partial charge in [0.1, 0.15) is 28.3 Å². The number of amides is 1. The van der Waals surface area contributed by atoms with Gasteiger partial charge in [-0.25, -0.2) is 14.4 Å². The van der Waals surface area contributed by atoms with Crippen LogP contribution in [0, 0.1) is 12.7 Å². The minimum absolute atomic E-state index is 0.377. The van der Waals surface area contributed by atoms with E-state index >= 15 is 0 Å². The zero-order valence-corrected chi connectivity index (χ0v) is 15.8. The van der Waals surface area contributed by atoms with Crippen molar-refractivity contribution in [1.29, 1.82) is 0 Å². The number of rotatable bonds is 5. The predicted octanol–water partition coefficient (Wildman–Crippen LogP) is 4.44.